The maximum Gasteiger partial charge on any atom is 0.101 e. The smallest absolute Gasteiger partial charge is 0.101 e. The topological polar surface area (TPSA) is 0 Å². The second kappa shape index (κ2) is 4.43. The SMILES string of the molecule is CCC(C)CC(F)CC1(C)CCC1. The van der Waals surface area contributed by atoms with Crippen LogP contribution < -0.4 is 0 Å². The fraction of sp³-hybridized carbons (Fsp3) is 1.00. The maximum atomic E-state index is 13.6. The van der Waals surface area contributed by atoms with Crippen LogP contribution >= 0.6 is 0 Å². The molecule has 1 fully saturated rings. The average Bonchev–Trinajstić information content (AvgIpc) is 2.01. The van der Waals surface area contributed by atoms with Crippen LogP contribution in [-0.2, 0) is 0 Å². The van der Waals surface area contributed by atoms with Gasteiger partial charge in [0, 0.05) is 0 Å². The van der Waals surface area contributed by atoms with Crippen LogP contribution in [0.3, 0.4) is 0 Å². The standard InChI is InChI=1S/C12H23F/c1-4-10(2)8-11(13)9-12(3)6-5-7-12/h10-11H,4-9H2,1-3H3. The maximum absolute atomic E-state index is 13.6. The summed E-state index contributed by atoms with van der Waals surface area (Å²) >= 11 is 0. The van der Waals surface area contributed by atoms with Gasteiger partial charge < -0.3 is 0 Å². The minimum absolute atomic E-state index is 0.354. The molecule has 13 heavy (non-hydrogen) atoms. The van der Waals surface area contributed by atoms with Crippen LogP contribution in [0, 0.1) is 11.3 Å². The van der Waals surface area contributed by atoms with Crippen molar-refractivity contribution < 1.29 is 4.39 Å². The quantitative estimate of drug-likeness (QED) is 0.599. The van der Waals surface area contributed by atoms with Crippen molar-refractivity contribution in [1.29, 1.82) is 0 Å². The van der Waals surface area contributed by atoms with Gasteiger partial charge in [0.25, 0.3) is 0 Å². The highest BCUT2D eigenvalue weighted by atomic mass is 19.1. The van der Waals surface area contributed by atoms with E-state index in [9.17, 15) is 4.39 Å². The van der Waals surface area contributed by atoms with E-state index in [2.05, 4.69) is 20.8 Å². The van der Waals surface area contributed by atoms with Crippen LogP contribution in [0.5, 0.6) is 0 Å². The molecule has 2 unspecified atom stereocenters. The van der Waals surface area contributed by atoms with Crippen molar-refractivity contribution in [3.8, 4) is 0 Å². The van der Waals surface area contributed by atoms with Crippen LogP contribution in [0.4, 0.5) is 4.39 Å². The number of halogens is 1. The minimum Gasteiger partial charge on any atom is -0.247 e. The highest BCUT2D eigenvalue weighted by Gasteiger charge is 2.34. The lowest BCUT2D eigenvalue weighted by Crippen LogP contribution is -2.29. The molecule has 0 spiro atoms. The lowest BCUT2D eigenvalue weighted by molar-refractivity contribution is 0.0893. The molecule has 1 heteroatoms. The van der Waals surface area contributed by atoms with Gasteiger partial charge in [0.15, 0.2) is 0 Å². The predicted molar refractivity (Wildman–Crippen MR) is 55.5 cm³/mol. The van der Waals surface area contributed by atoms with Crippen LogP contribution in [-0.4, -0.2) is 6.17 Å². The van der Waals surface area contributed by atoms with Crippen LogP contribution in [0.1, 0.15) is 59.3 Å². The van der Waals surface area contributed by atoms with Gasteiger partial charge in [0.1, 0.15) is 6.17 Å². The monoisotopic (exact) mass is 186 g/mol. The van der Waals surface area contributed by atoms with Gasteiger partial charge >= 0.3 is 0 Å². The van der Waals surface area contributed by atoms with E-state index in [0.29, 0.717) is 11.3 Å². The molecular weight excluding hydrogens is 163 g/mol. The fourth-order valence-corrected chi connectivity index (χ4v) is 2.21. The Morgan fingerprint density at radius 3 is 2.38 bits per heavy atom. The van der Waals surface area contributed by atoms with E-state index in [1.807, 2.05) is 0 Å². The van der Waals surface area contributed by atoms with Gasteiger partial charge in [-0.1, -0.05) is 33.6 Å². The molecule has 0 heterocycles. The summed E-state index contributed by atoms with van der Waals surface area (Å²) in [5.41, 5.74) is 0.354. The molecule has 0 N–H and O–H groups in total. The molecule has 0 saturated heterocycles. The Bertz CT molecular complexity index is 149. The Balaban J connectivity index is 2.20. The van der Waals surface area contributed by atoms with Crippen molar-refractivity contribution in [2.24, 2.45) is 11.3 Å². The molecule has 0 radical (unpaired) electrons. The van der Waals surface area contributed by atoms with Gasteiger partial charge in [-0.15, -0.1) is 0 Å². The summed E-state index contributed by atoms with van der Waals surface area (Å²) in [5, 5.41) is 0. The molecule has 1 saturated carbocycles. The summed E-state index contributed by atoms with van der Waals surface area (Å²) in [4.78, 5) is 0. The molecule has 1 aliphatic carbocycles. The summed E-state index contributed by atoms with van der Waals surface area (Å²) < 4.78 is 13.6. The molecule has 0 amide bonds. The van der Waals surface area contributed by atoms with Gasteiger partial charge in [-0.25, -0.2) is 4.39 Å². The molecule has 0 aromatic heterocycles. The van der Waals surface area contributed by atoms with Gasteiger partial charge in [-0.3, -0.25) is 0 Å². The van der Waals surface area contributed by atoms with E-state index in [4.69, 9.17) is 0 Å². The van der Waals surface area contributed by atoms with Gasteiger partial charge in [-0.05, 0) is 37.0 Å². The van der Waals surface area contributed by atoms with Crippen LogP contribution in [0.15, 0.2) is 0 Å². The van der Waals surface area contributed by atoms with Crippen molar-refractivity contribution in [2.45, 2.75) is 65.5 Å². The number of alkyl halides is 1. The molecule has 0 aliphatic heterocycles. The van der Waals surface area contributed by atoms with Gasteiger partial charge in [-0.2, -0.15) is 0 Å². The van der Waals surface area contributed by atoms with E-state index in [0.717, 1.165) is 19.3 Å². The summed E-state index contributed by atoms with van der Waals surface area (Å²) in [6.45, 7) is 6.53. The van der Waals surface area contributed by atoms with E-state index < -0.39 is 6.17 Å². The first kappa shape index (κ1) is 11.0. The van der Waals surface area contributed by atoms with E-state index in [-0.39, 0.29) is 0 Å². The largest absolute Gasteiger partial charge is 0.247 e. The first-order valence-electron chi connectivity index (χ1n) is 5.70. The third-order valence-corrected chi connectivity index (χ3v) is 3.63. The zero-order valence-electron chi connectivity index (χ0n) is 9.28. The lowest BCUT2D eigenvalue weighted by Gasteiger charge is -2.39. The van der Waals surface area contributed by atoms with Crippen LogP contribution in [0.25, 0.3) is 0 Å². The summed E-state index contributed by atoms with van der Waals surface area (Å²) in [5.74, 6) is 0.554. The van der Waals surface area contributed by atoms with E-state index >= 15 is 0 Å². The van der Waals surface area contributed by atoms with Crippen LogP contribution in [0.2, 0.25) is 0 Å². The lowest BCUT2D eigenvalue weighted by atomic mass is 9.67. The first-order chi connectivity index (χ1) is 6.06. The Morgan fingerprint density at radius 1 is 1.38 bits per heavy atom. The Kier molecular flexibility index (Phi) is 3.75. The number of hydrogen-bond donors (Lipinski definition) is 0. The Morgan fingerprint density at radius 2 is 2.00 bits per heavy atom. The first-order valence-corrected chi connectivity index (χ1v) is 5.70. The third kappa shape index (κ3) is 3.28. The zero-order chi connectivity index (χ0) is 9.90. The Labute approximate surface area is 81.9 Å². The van der Waals surface area contributed by atoms with Gasteiger partial charge in [0.05, 0.1) is 0 Å². The molecule has 0 aromatic rings. The fourth-order valence-electron chi connectivity index (χ4n) is 2.21. The molecule has 0 nitrogen and oxygen atoms in total. The van der Waals surface area contributed by atoms with E-state index in [1.165, 1.54) is 19.3 Å². The summed E-state index contributed by atoms with van der Waals surface area (Å²) in [7, 11) is 0. The molecule has 0 bridgehead atoms. The minimum atomic E-state index is -0.555. The highest BCUT2D eigenvalue weighted by Crippen LogP contribution is 2.45. The Hall–Kier alpha value is -0.0700. The molecule has 0 aromatic carbocycles. The number of hydrogen-bond acceptors (Lipinski definition) is 0. The van der Waals surface area contributed by atoms with Crippen molar-refractivity contribution in [3.05, 3.63) is 0 Å². The van der Waals surface area contributed by atoms with Crippen molar-refractivity contribution >= 4 is 0 Å². The molecule has 78 valence electrons. The molecular formula is C12H23F. The normalized spacial score (nSPS) is 24.9. The third-order valence-electron chi connectivity index (χ3n) is 3.63. The van der Waals surface area contributed by atoms with Crippen molar-refractivity contribution in [1.82, 2.24) is 0 Å². The molecule has 1 aliphatic rings. The van der Waals surface area contributed by atoms with E-state index in [1.54, 1.807) is 0 Å². The summed E-state index contributed by atoms with van der Waals surface area (Å²) in [6, 6.07) is 0. The highest BCUT2D eigenvalue weighted by molar-refractivity contribution is 4.85. The second-order valence-corrected chi connectivity index (χ2v) is 5.21. The predicted octanol–water partition coefficient (Wildman–Crippen LogP) is 4.34. The molecule has 1 rings (SSSR count). The molecule has 2 atom stereocenters. The summed E-state index contributed by atoms with van der Waals surface area (Å²) in [6.07, 6.45) is 5.93. The van der Waals surface area contributed by atoms with Crippen molar-refractivity contribution in [2.75, 3.05) is 0 Å². The van der Waals surface area contributed by atoms with Crippen molar-refractivity contribution in [3.63, 3.8) is 0 Å². The average molecular weight is 186 g/mol. The number of rotatable bonds is 5. The second-order valence-electron chi connectivity index (χ2n) is 5.21. The zero-order valence-corrected chi connectivity index (χ0v) is 9.28. The van der Waals surface area contributed by atoms with Gasteiger partial charge in [0.2, 0.25) is 0 Å².